The molecule has 0 spiro atoms. The fraction of sp³-hybridized carbons (Fsp3) is 0.0435. The molecule has 0 bridgehead atoms. The standard InChI is InChI=1S/C23H16FNO3/c1-14-6-2-3-7-16(14)23(27)25-15-10-11-21-18(12-15)20(26)13-22(28-21)17-8-4-5-9-19(17)24/h2-13H,1H3,(H,25,27). The number of anilines is 1. The third-order valence-corrected chi connectivity index (χ3v) is 4.51. The number of fused-ring (bicyclic) bond motifs is 1. The minimum absolute atomic E-state index is 0.160. The second-order valence-corrected chi connectivity index (χ2v) is 6.43. The summed E-state index contributed by atoms with van der Waals surface area (Å²) < 4.78 is 19.7. The number of carbonyl (C=O) groups excluding carboxylic acids is 1. The minimum atomic E-state index is -0.466. The lowest BCUT2D eigenvalue weighted by Gasteiger charge is -2.09. The monoisotopic (exact) mass is 373 g/mol. The maximum Gasteiger partial charge on any atom is 0.255 e. The van der Waals surface area contributed by atoms with Gasteiger partial charge in [-0.1, -0.05) is 30.3 Å². The van der Waals surface area contributed by atoms with Crippen LogP contribution in [0.3, 0.4) is 0 Å². The fourth-order valence-corrected chi connectivity index (χ4v) is 3.05. The van der Waals surface area contributed by atoms with Gasteiger partial charge in [0.15, 0.2) is 5.43 Å². The molecule has 4 nitrogen and oxygen atoms in total. The summed E-state index contributed by atoms with van der Waals surface area (Å²) >= 11 is 0. The molecule has 4 rings (SSSR count). The Balaban J connectivity index is 1.70. The van der Waals surface area contributed by atoms with Crippen molar-refractivity contribution in [1.82, 2.24) is 0 Å². The van der Waals surface area contributed by atoms with Crippen molar-refractivity contribution in [3.8, 4) is 11.3 Å². The highest BCUT2D eigenvalue weighted by atomic mass is 19.1. The molecule has 5 heteroatoms. The Morgan fingerprint density at radius 2 is 1.71 bits per heavy atom. The third-order valence-electron chi connectivity index (χ3n) is 4.51. The van der Waals surface area contributed by atoms with Crippen LogP contribution in [-0.4, -0.2) is 5.91 Å². The van der Waals surface area contributed by atoms with Crippen LogP contribution in [0, 0.1) is 12.7 Å². The lowest BCUT2D eigenvalue weighted by molar-refractivity contribution is 0.102. The van der Waals surface area contributed by atoms with Crippen molar-refractivity contribution in [2.75, 3.05) is 5.32 Å². The molecule has 1 amide bonds. The van der Waals surface area contributed by atoms with Gasteiger partial charge >= 0.3 is 0 Å². The van der Waals surface area contributed by atoms with Gasteiger partial charge in [-0.15, -0.1) is 0 Å². The summed E-state index contributed by atoms with van der Waals surface area (Å²) in [6.45, 7) is 1.86. The predicted octanol–water partition coefficient (Wildman–Crippen LogP) is 5.16. The van der Waals surface area contributed by atoms with Crippen LogP contribution < -0.4 is 10.7 Å². The van der Waals surface area contributed by atoms with Crippen LogP contribution in [0.5, 0.6) is 0 Å². The molecule has 0 radical (unpaired) electrons. The van der Waals surface area contributed by atoms with E-state index in [0.717, 1.165) is 5.56 Å². The molecule has 0 aliphatic carbocycles. The Labute approximate surface area is 160 Å². The Morgan fingerprint density at radius 1 is 0.964 bits per heavy atom. The molecular weight excluding hydrogens is 357 g/mol. The molecule has 0 fully saturated rings. The number of hydrogen-bond acceptors (Lipinski definition) is 3. The molecule has 0 aliphatic rings. The molecule has 4 aromatic rings. The maximum atomic E-state index is 14.0. The van der Waals surface area contributed by atoms with Crippen LogP contribution in [0.2, 0.25) is 0 Å². The molecule has 3 aromatic carbocycles. The summed E-state index contributed by atoms with van der Waals surface area (Å²) in [7, 11) is 0. The first-order valence-corrected chi connectivity index (χ1v) is 8.73. The van der Waals surface area contributed by atoms with Gasteiger partial charge in [-0.3, -0.25) is 9.59 Å². The molecule has 28 heavy (non-hydrogen) atoms. The van der Waals surface area contributed by atoms with Crippen LogP contribution in [0.1, 0.15) is 15.9 Å². The van der Waals surface area contributed by atoms with Crippen molar-refractivity contribution in [2.45, 2.75) is 6.92 Å². The molecule has 0 aliphatic heterocycles. The van der Waals surface area contributed by atoms with Gasteiger partial charge in [0.05, 0.1) is 10.9 Å². The summed E-state index contributed by atoms with van der Waals surface area (Å²) in [5.41, 5.74) is 2.12. The van der Waals surface area contributed by atoms with Crippen molar-refractivity contribution < 1.29 is 13.6 Å². The van der Waals surface area contributed by atoms with Crippen molar-refractivity contribution in [1.29, 1.82) is 0 Å². The summed E-state index contributed by atoms with van der Waals surface area (Å²) in [5.74, 6) is -0.566. The number of nitrogens with one attached hydrogen (secondary N) is 1. The van der Waals surface area contributed by atoms with Gasteiger partial charge in [0.1, 0.15) is 17.2 Å². The first-order valence-electron chi connectivity index (χ1n) is 8.73. The first kappa shape index (κ1) is 17.7. The smallest absolute Gasteiger partial charge is 0.255 e. The number of carbonyl (C=O) groups is 1. The number of rotatable bonds is 3. The van der Waals surface area contributed by atoms with E-state index in [1.165, 1.54) is 12.1 Å². The first-order chi connectivity index (χ1) is 13.5. The zero-order valence-corrected chi connectivity index (χ0v) is 15.0. The third kappa shape index (κ3) is 3.30. The predicted molar refractivity (Wildman–Crippen MR) is 107 cm³/mol. The second kappa shape index (κ2) is 7.12. The molecule has 1 heterocycles. The van der Waals surface area contributed by atoms with Crippen molar-refractivity contribution >= 4 is 22.6 Å². The Hall–Kier alpha value is -3.73. The van der Waals surface area contributed by atoms with Crippen LogP contribution in [-0.2, 0) is 0 Å². The van der Waals surface area contributed by atoms with E-state index in [2.05, 4.69) is 5.32 Å². The van der Waals surface area contributed by atoms with E-state index < -0.39 is 5.82 Å². The molecule has 0 saturated heterocycles. The summed E-state index contributed by atoms with van der Waals surface area (Å²) in [6.07, 6.45) is 0. The van der Waals surface area contributed by atoms with Gasteiger partial charge in [-0.05, 0) is 48.9 Å². The Bertz CT molecular complexity index is 1260. The normalized spacial score (nSPS) is 10.8. The van der Waals surface area contributed by atoms with E-state index in [9.17, 15) is 14.0 Å². The van der Waals surface area contributed by atoms with Crippen molar-refractivity contribution in [3.05, 3.63) is 100.0 Å². The molecule has 0 unspecified atom stereocenters. The number of amides is 1. The van der Waals surface area contributed by atoms with Crippen molar-refractivity contribution in [3.63, 3.8) is 0 Å². The van der Waals surface area contributed by atoms with Crippen LogP contribution in [0.4, 0.5) is 10.1 Å². The summed E-state index contributed by atoms with van der Waals surface area (Å²) in [5, 5.41) is 3.10. The average molecular weight is 373 g/mol. The zero-order valence-electron chi connectivity index (χ0n) is 15.0. The van der Waals surface area contributed by atoms with E-state index in [1.807, 2.05) is 19.1 Å². The van der Waals surface area contributed by atoms with Gasteiger partial charge in [-0.2, -0.15) is 0 Å². The SMILES string of the molecule is Cc1ccccc1C(=O)Nc1ccc2oc(-c3ccccc3F)cc(=O)c2c1. The largest absolute Gasteiger partial charge is 0.456 e. The van der Waals surface area contributed by atoms with Gasteiger partial charge in [-0.25, -0.2) is 4.39 Å². The Kier molecular flexibility index (Phi) is 4.49. The summed E-state index contributed by atoms with van der Waals surface area (Å²) in [4.78, 5) is 25.0. The van der Waals surface area contributed by atoms with Gasteiger partial charge in [0.25, 0.3) is 5.91 Å². The lowest BCUT2D eigenvalue weighted by Crippen LogP contribution is -2.13. The van der Waals surface area contributed by atoms with E-state index in [1.54, 1.807) is 48.5 Å². The molecule has 0 saturated carbocycles. The number of aryl methyl sites for hydroxylation is 1. The second-order valence-electron chi connectivity index (χ2n) is 6.43. The number of halogens is 1. The van der Waals surface area contributed by atoms with Crippen LogP contribution in [0.15, 0.2) is 82.0 Å². The van der Waals surface area contributed by atoms with Gasteiger partial charge in [0.2, 0.25) is 0 Å². The summed E-state index contributed by atoms with van der Waals surface area (Å²) in [6, 6.07) is 19.4. The molecule has 1 aromatic heterocycles. The van der Waals surface area contributed by atoms with E-state index >= 15 is 0 Å². The quantitative estimate of drug-likeness (QED) is 0.540. The number of hydrogen-bond donors (Lipinski definition) is 1. The molecule has 1 N–H and O–H groups in total. The lowest BCUT2D eigenvalue weighted by atomic mass is 10.1. The van der Waals surface area contributed by atoms with Gasteiger partial charge < -0.3 is 9.73 Å². The van der Waals surface area contributed by atoms with Gasteiger partial charge in [0, 0.05) is 17.3 Å². The highest BCUT2D eigenvalue weighted by Crippen LogP contribution is 2.26. The minimum Gasteiger partial charge on any atom is -0.456 e. The van der Waals surface area contributed by atoms with E-state index in [0.29, 0.717) is 22.2 Å². The average Bonchev–Trinajstić information content (AvgIpc) is 2.69. The van der Waals surface area contributed by atoms with Crippen LogP contribution in [0.25, 0.3) is 22.3 Å². The molecular formula is C23H16FNO3. The highest BCUT2D eigenvalue weighted by molar-refractivity contribution is 6.06. The zero-order chi connectivity index (χ0) is 19.7. The van der Waals surface area contributed by atoms with Crippen molar-refractivity contribution in [2.24, 2.45) is 0 Å². The van der Waals surface area contributed by atoms with E-state index in [-0.39, 0.29) is 22.7 Å². The Morgan fingerprint density at radius 3 is 2.50 bits per heavy atom. The van der Waals surface area contributed by atoms with Crippen LogP contribution >= 0.6 is 0 Å². The highest BCUT2D eigenvalue weighted by Gasteiger charge is 2.13. The molecule has 0 atom stereocenters. The molecule has 138 valence electrons. The topological polar surface area (TPSA) is 59.3 Å². The maximum absolute atomic E-state index is 14.0. The number of benzene rings is 3. The fourth-order valence-electron chi connectivity index (χ4n) is 3.05. The van der Waals surface area contributed by atoms with E-state index in [4.69, 9.17) is 4.42 Å².